The first-order chi connectivity index (χ1) is 5.89. The Morgan fingerprint density at radius 3 is 2.31 bits per heavy atom. The zero-order valence-electron chi connectivity index (χ0n) is 9.25. The van der Waals surface area contributed by atoms with Gasteiger partial charge in [-0.15, -0.1) is 0 Å². The van der Waals surface area contributed by atoms with Crippen LogP contribution in [0.1, 0.15) is 27.7 Å². The fourth-order valence-electron chi connectivity index (χ4n) is 1.35. The third kappa shape index (κ3) is 7.35. The predicted molar refractivity (Wildman–Crippen MR) is 61.4 cm³/mol. The second kappa shape index (κ2) is 5.89. The van der Waals surface area contributed by atoms with E-state index in [-0.39, 0.29) is 0 Å². The lowest BCUT2D eigenvalue weighted by molar-refractivity contribution is 0.0346. The maximum Gasteiger partial charge on any atom is 0.0718 e. The molecule has 13 heavy (non-hydrogen) atoms. The molecule has 0 spiro atoms. The lowest BCUT2D eigenvalue weighted by Gasteiger charge is -2.29. The van der Waals surface area contributed by atoms with Gasteiger partial charge in [-0.3, -0.25) is 0 Å². The van der Waals surface area contributed by atoms with Gasteiger partial charge in [-0.25, -0.2) is 0 Å². The van der Waals surface area contributed by atoms with Crippen molar-refractivity contribution in [2.75, 3.05) is 25.4 Å². The molecule has 1 atom stereocenters. The van der Waals surface area contributed by atoms with Crippen molar-refractivity contribution >= 4 is 12.6 Å². The Bertz CT molecular complexity index is 133. The van der Waals surface area contributed by atoms with Gasteiger partial charge in [0.25, 0.3) is 0 Å². The Hall–Kier alpha value is 0.270. The summed E-state index contributed by atoms with van der Waals surface area (Å²) >= 11 is 4.25. The molecule has 0 aliphatic carbocycles. The largest absolute Gasteiger partial charge is 0.389 e. The normalized spacial score (nSPS) is 15.0. The summed E-state index contributed by atoms with van der Waals surface area (Å²) in [6.45, 7) is 10.7. The molecule has 0 aromatic heterocycles. The molecule has 1 N–H and O–H groups in total. The quantitative estimate of drug-likeness (QED) is 0.644. The first-order valence-corrected chi connectivity index (χ1v) is 5.58. The van der Waals surface area contributed by atoms with E-state index in [0.717, 1.165) is 25.4 Å². The lowest BCUT2D eigenvalue weighted by atomic mass is 10.1. The van der Waals surface area contributed by atoms with Gasteiger partial charge >= 0.3 is 0 Å². The van der Waals surface area contributed by atoms with Crippen LogP contribution in [0, 0.1) is 5.92 Å². The van der Waals surface area contributed by atoms with Crippen molar-refractivity contribution in [2.24, 2.45) is 5.92 Å². The molecule has 0 saturated heterocycles. The molecule has 0 heterocycles. The van der Waals surface area contributed by atoms with Crippen LogP contribution in [0.25, 0.3) is 0 Å². The average Bonchev–Trinajstić information content (AvgIpc) is 2.00. The minimum atomic E-state index is -0.591. The lowest BCUT2D eigenvalue weighted by Crippen LogP contribution is -2.40. The smallest absolute Gasteiger partial charge is 0.0718 e. The van der Waals surface area contributed by atoms with Crippen molar-refractivity contribution in [1.29, 1.82) is 0 Å². The second-order valence-electron chi connectivity index (χ2n) is 4.43. The van der Waals surface area contributed by atoms with Crippen LogP contribution in [0.3, 0.4) is 0 Å². The third-order valence-electron chi connectivity index (χ3n) is 1.94. The summed E-state index contributed by atoms with van der Waals surface area (Å²) < 4.78 is 0. The Kier molecular flexibility index (Phi) is 6.01. The Morgan fingerprint density at radius 1 is 1.46 bits per heavy atom. The molecule has 0 aliphatic rings. The number of thiol groups is 1. The maximum atomic E-state index is 9.64. The molecule has 0 aromatic rings. The molecular weight excluding hydrogens is 182 g/mol. The highest BCUT2D eigenvalue weighted by Crippen LogP contribution is 2.08. The molecule has 0 rings (SSSR count). The Morgan fingerprint density at radius 2 is 2.00 bits per heavy atom. The van der Waals surface area contributed by atoms with E-state index in [0.29, 0.717) is 5.92 Å². The van der Waals surface area contributed by atoms with Crippen molar-refractivity contribution < 1.29 is 5.11 Å². The van der Waals surface area contributed by atoms with Crippen molar-refractivity contribution in [2.45, 2.75) is 33.3 Å². The molecule has 80 valence electrons. The molecule has 3 heteroatoms. The second-order valence-corrected chi connectivity index (χ2v) is 4.79. The van der Waals surface area contributed by atoms with Gasteiger partial charge in [0.15, 0.2) is 0 Å². The van der Waals surface area contributed by atoms with E-state index in [1.807, 2.05) is 13.8 Å². The van der Waals surface area contributed by atoms with Crippen LogP contribution in [-0.2, 0) is 0 Å². The van der Waals surface area contributed by atoms with Gasteiger partial charge in [-0.1, -0.05) is 13.8 Å². The SMILES string of the molecule is CCN(CC(C)CS)CC(C)(C)O. The molecule has 0 fully saturated rings. The number of nitrogens with zero attached hydrogens (tertiary/aromatic N) is 1. The molecule has 0 aromatic carbocycles. The maximum absolute atomic E-state index is 9.64. The predicted octanol–water partition coefficient (Wildman–Crippen LogP) is 1.65. The van der Waals surface area contributed by atoms with Gasteiger partial charge in [0, 0.05) is 13.1 Å². The Balaban J connectivity index is 3.89. The topological polar surface area (TPSA) is 23.5 Å². The van der Waals surface area contributed by atoms with Crippen LogP contribution < -0.4 is 0 Å². The number of hydrogen-bond acceptors (Lipinski definition) is 3. The number of hydrogen-bond donors (Lipinski definition) is 2. The van der Waals surface area contributed by atoms with Gasteiger partial charge in [0.05, 0.1) is 5.60 Å². The summed E-state index contributed by atoms with van der Waals surface area (Å²) in [4.78, 5) is 2.26. The zero-order chi connectivity index (χ0) is 10.5. The monoisotopic (exact) mass is 205 g/mol. The minimum absolute atomic E-state index is 0.589. The molecule has 0 aliphatic heterocycles. The summed E-state index contributed by atoms with van der Waals surface area (Å²) in [6.07, 6.45) is 0. The van der Waals surface area contributed by atoms with Gasteiger partial charge in [0.1, 0.15) is 0 Å². The van der Waals surface area contributed by atoms with E-state index in [4.69, 9.17) is 0 Å². The van der Waals surface area contributed by atoms with E-state index in [1.165, 1.54) is 0 Å². The molecule has 0 bridgehead atoms. The summed E-state index contributed by atoms with van der Waals surface area (Å²) in [6, 6.07) is 0. The fraction of sp³-hybridized carbons (Fsp3) is 1.00. The van der Waals surface area contributed by atoms with Gasteiger partial charge in [0.2, 0.25) is 0 Å². The first-order valence-electron chi connectivity index (χ1n) is 4.94. The van der Waals surface area contributed by atoms with Gasteiger partial charge in [-0.05, 0) is 32.1 Å². The first kappa shape index (κ1) is 13.3. The fourth-order valence-corrected chi connectivity index (χ4v) is 1.47. The van der Waals surface area contributed by atoms with E-state index in [2.05, 4.69) is 31.4 Å². The number of rotatable bonds is 6. The van der Waals surface area contributed by atoms with Crippen molar-refractivity contribution in [3.05, 3.63) is 0 Å². The van der Waals surface area contributed by atoms with Crippen molar-refractivity contribution in [3.8, 4) is 0 Å². The van der Waals surface area contributed by atoms with Gasteiger partial charge in [-0.2, -0.15) is 12.6 Å². The van der Waals surface area contributed by atoms with Crippen LogP contribution in [0.2, 0.25) is 0 Å². The van der Waals surface area contributed by atoms with Crippen LogP contribution in [-0.4, -0.2) is 41.0 Å². The van der Waals surface area contributed by atoms with E-state index >= 15 is 0 Å². The molecule has 0 radical (unpaired) electrons. The van der Waals surface area contributed by atoms with Crippen molar-refractivity contribution in [3.63, 3.8) is 0 Å². The average molecular weight is 205 g/mol. The number of aliphatic hydroxyl groups is 1. The van der Waals surface area contributed by atoms with E-state index in [1.54, 1.807) is 0 Å². The van der Waals surface area contributed by atoms with Crippen LogP contribution in [0.15, 0.2) is 0 Å². The zero-order valence-corrected chi connectivity index (χ0v) is 10.1. The summed E-state index contributed by atoms with van der Waals surface area (Å²) in [5.74, 6) is 1.49. The molecule has 0 amide bonds. The molecular formula is C10H23NOS. The standard InChI is InChI=1S/C10H23NOS/c1-5-11(6-9(2)7-13)8-10(3,4)12/h9,12-13H,5-8H2,1-4H3. The highest BCUT2D eigenvalue weighted by molar-refractivity contribution is 7.80. The molecule has 1 unspecified atom stereocenters. The van der Waals surface area contributed by atoms with Crippen molar-refractivity contribution in [1.82, 2.24) is 4.90 Å². The number of likely N-dealkylation sites (N-methyl/N-ethyl adjacent to an activating group) is 1. The van der Waals surface area contributed by atoms with Crippen LogP contribution in [0.4, 0.5) is 0 Å². The summed E-state index contributed by atoms with van der Waals surface area (Å²) in [5.41, 5.74) is -0.591. The minimum Gasteiger partial charge on any atom is -0.389 e. The van der Waals surface area contributed by atoms with E-state index in [9.17, 15) is 5.11 Å². The van der Waals surface area contributed by atoms with Crippen LogP contribution >= 0.6 is 12.6 Å². The highest BCUT2D eigenvalue weighted by Gasteiger charge is 2.18. The molecule has 2 nitrogen and oxygen atoms in total. The third-order valence-corrected chi connectivity index (χ3v) is 2.56. The summed E-state index contributed by atoms with van der Waals surface area (Å²) in [7, 11) is 0. The Labute approximate surface area is 87.7 Å². The summed E-state index contributed by atoms with van der Waals surface area (Å²) in [5, 5.41) is 9.64. The van der Waals surface area contributed by atoms with Gasteiger partial charge < -0.3 is 10.0 Å². The van der Waals surface area contributed by atoms with E-state index < -0.39 is 5.60 Å². The van der Waals surface area contributed by atoms with Crippen LogP contribution in [0.5, 0.6) is 0 Å². The highest BCUT2D eigenvalue weighted by atomic mass is 32.1. The molecule has 0 saturated carbocycles.